The number of anilines is 1. The zero-order valence-electron chi connectivity index (χ0n) is 12.8. The predicted molar refractivity (Wildman–Crippen MR) is 88.4 cm³/mol. The summed E-state index contributed by atoms with van der Waals surface area (Å²) in [6, 6.07) is 6.27. The maximum atomic E-state index is 13.7. The Bertz CT molecular complexity index is 848. The fourth-order valence-electron chi connectivity index (χ4n) is 2.16. The average Bonchev–Trinajstić information content (AvgIpc) is 3.22. The van der Waals surface area contributed by atoms with Crippen molar-refractivity contribution in [2.75, 3.05) is 5.32 Å². The second kappa shape index (κ2) is 6.90. The standard InChI is InChI=1S/C16H15FN4O2S/c1-10-2-3-12(17)13(6-10)18-16(23)14-7-21(20-19-14)8-15(22)11-4-5-24-9-11/h2-7,9,15,22H,8H2,1H3,(H,18,23). The van der Waals surface area contributed by atoms with Crippen LogP contribution in [0.5, 0.6) is 0 Å². The lowest BCUT2D eigenvalue weighted by Crippen LogP contribution is -2.13. The number of rotatable bonds is 5. The molecule has 3 aromatic rings. The SMILES string of the molecule is Cc1ccc(F)c(NC(=O)c2cn(CC(O)c3ccsc3)nn2)c1. The van der Waals surface area contributed by atoms with Gasteiger partial charge >= 0.3 is 0 Å². The minimum atomic E-state index is -0.733. The van der Waals surface area contributed by atoms with E-state index >= 15 is 0 Å². The highest BCUT2D eigenvalue weighted by Gasteiger charge is 2.15. The molecule has 0 aliphatic heterocycles. The van der Waals surface area contributed by atoms with E-state index in [-0.39, 0.29) is 17.9 Å². The fraction of sp³-hybridized carbons (Fsp3) is 0.188. The molecule has 3 rings (SSSR count). The number of nitrogens with one attached hydrogen (secondary N) is 1. The van der Waals surface area contributed by atoms with E-state index in [4.69, 9.17) is 0 Å². The molecule has 0 aliphatic carbocycles. The van der Waals surface area contributed by atoms with Crippen LogP contribution in [0.1, 0.15) is 27.7 Å². The molecular weight excluding hydrogens is 331 g/mol. The summed E-state index contributed by atoms with van der Waals surface area (Å²) in [4.78, 5) is 12.2. The molecule has 1 amide bonds. The smallest absolute Gasteiger partial charge is 0.277 e. The second-order valence-electron chi connectivity index (χ2n) is 5.34. The van der Waals surface area contributed by atoms with Crippen molar-refractivity contribution in [2.24, 2.45) is 0 Å². The zero-order valence-corrected chi connectivity index (χ0v) is 13.6. The lowest BCUT2D eigenvalue weighted by molar-refractivity contribution is 0.102. The van der Waals surface area contributed by atoms with Gasteiger partial charge in [0.25, 0.3) is 5.91 Å². The number of aliphatic hydroxyl groups excluding tert-OH is 1. The average molecular weight is 346 g/mol. The number of aryl methyl sites for hydroxylation is 1. The molecular formula is C16H15FN4O2S. The lowest BCUT2D eigenvalue weighted by Gasteiger charge is -2.07. The Balaban J connectivity index is 1.68. The first-order valence-electron chi connectivity index (χ1n) is 7.21. The molecule has 0 radical (unpaired) electrons. The van der Waals surface area contributed by atoms with E-state index in [1.54, 1.807) is 13.0 Å². The number of hydrogen-bond acceptors (Lipinski definition) is 5. The van der Waals surface area contributed by atoms with Crippen molar-refractivity contribution in [3.05, 3.63) is 63.9 Å². The number of aliphatic hydroxyl groups is 1. The van der Waals surface area contributed by atoms with Crippen molar-refractivity contribution >= 4 is 22.9 Å². The molecule has 0 bridgehead atoms. The number of carbonyl (C=O) groups excluding carboxylic acids is 1. The molecule has 0 saturated heterocycles. The minimum absolute atomic E-state index is 0.0495. The van der Waals surface area contributed by atoms with E-state index in [9.17, 15) is 14.3 Å². The van der Waals surface area contributed by atoms with E-state index in [0.717, 1.165) is 11.1 Å². The summed E-state index contributed by atoms with van der Waals surface area (Å²) in [7, 11) is 0. The molecule has 2 aromatic heterocycles. The number of nitrogens with zero attached hydrogens (tertiary/aromatic N) is 3. The van der Waals surface area contributed by atoms with Gasteiger partial charge in [0.1, 0.15) is 5.82 Å². The Morgan fingerprint density at radius 3 is 3.04 bits per heavy atom. The van der Waals surface area contributed by atoms with Crippen molar-refractivity contribution < 1.29 is 14.3 Å². The summed E-state index contributed by atoms with van der Waals surface area (Å²) >= 11 is 1.49. The first kappa shape index (κ1) is 16.3. The van der Waals surface area contributed by atoms with Crippen molar-refractivity contribution in [1.29, 1.82) is 0 Å². The third-order valence-electron chi connectivity index (χ3n) is 3.43. The van der Waals surface area contributed by atoms with Gasteiger partial charge in [0.15, 0.2) is 5.69 Å². The van der Waals surface area contributed by atoms with Crippen molar-refractivity contribution in [3.63, 3.8) is 0 Å². The van der Waals surface area contributed by atoms with Gasteiger partial charge in [0.2, 0.25) is 0 Å². The zero-order chi connectivity index (χ0) is 17.1. The topological polar surface area (TPSA) is 80.0 Å². The number of carbonyl (C=O) groups is 1. The lowest BCUT2D eigenvalue weighted by atomic mass is 10.2. The maximum absolute atomic E-state index is 13.7. The first-order valence-corrected chi connectivity index (χ1v) is 8.15. The number of hydrogen-bond donors (Lipinski definition) is 2. The van der Waals surface area contributed by atoms with Crippen molar-refractivity contribution in [2.45, 2.75) is 19.6 Å². The van der Waals surface area contributed by atoms with E-state index < -0.39 is 17.8 Å². The Labute approximate surface area is 141 Å². The molecule has 0 fully saturated rings. The number of benzene rings is 1. The van der Waals surface area contributed by atoms with Crippen LogP contribution in [-0.4, -0.2) is 26.0 Å². The van der Waals surface area contributed by atoms with Gasteiger partial charge in [-0.25, -0.2) is 9.07 Å². The molecule has 2 N–H and O–H groups in total. The largest absolute Gasteiger partial charge is 0.386 e. The van der Waals surface area contributed by atoms with Gasteiger partial charge in [-0.15, -0.1) is 5.10 Å². The molecule has 8 heteroatoms. The Morgan fingerprint density at radius 2 is 2.29 bits per heavy atom. The normalized spacial score (nSPS) is 12.1. The van der Waals surface area contributed by atoms with Crippen LogP contribution in [0.2, 0.25) is 0 Å². The maximum Gasteiger partial charge on any atom is 0.277 e. The monoisotopic (exact) mass is 346 g/mol. The van der Waals surface area contributed by atoms with E-state index in [1.165, 1.54) is 34.3 Å². The van der Waals surface area contributed by atoms with Crippen molar-refractivity contribution in [3.8, 4) is 0 Å². The van der Waals surface area contributed by atoms with Crippen LogP contribution >= 0.6 is 11.3 Å². The molecule has 1 atom stereocenters. The Morgan fingerprint density at radius 1 is 1.46 bits per heavy atom. The van der Waals surface area contributed by atoms with Crippen LogP contribution in [-0.2, 0) is 6.54 Å². The third-order valence-corrected chi connectivity index (χ3v) is 4.13. The second-order valence-corrected chi connectivity index (χ2v) is 6.12. The fourth-order valence-corrected chi connectivity index (χ4v) is 2.87. The summed E-state index contributed by atoms with van der Waals surface area (Å²) in [6.07, 6.45) is 0.682. The number of halogens is 1. The highest BCUT2D eigenvalue weighted by atomic mass is 32.1. The Hall–Kier alpha value is -2.58. The summed E-state index contributed by atoms with van der Waals surface area (Å²) in [5.74, 6) is -1.08. The van der Waals surface area contributed by atoms with Crippen LogP contribution in [0.15, 0.2) is 41.2 Å². The van der Waals surface area contributed by atoms with Gasteiger partial charge in [-0.3, -0.25) is 4.79 Å². The molecule has 0 saturated carbocycles. The van der Waals surface area contributed by atoms with Gasteiger partial charge in [-0.05, 0) is 47.0 Å². The summed E-state index contributed by atoms with van der Waals surface area (Å²) in [5.41, 5.74) is 1.75. The Kier molecular flexibility index (Phi) is 4.68. The van der Waals surface area contributed by atoms with Crippen molar-refractivity contribution in [1.82, 2.24) is 15.0 Å². The number of amides is 1. The van der Waals surface area contributed by atoms with E-state index in [0.29, 0.717) is 0 Å². The van der Waals surface area contributed by atoms with Crippen LogP contribution in [0.3, 0.4) is 0 Å². The quantitative estimate of drug-likeness (QED) is 0.744. The van der Waals surface area contributed by atoms with Crippen LogP contribution in [0.4, 0.5) is 10.1 Å². The van der Waals surface area contributed by atoms with Crippen LogP contribution < -0.4 is 5.32 Å². The predicted octanol–water partition coefficient (Wildman–Crippen LogP) is 2.77. The molecule has 2 heterocycles. The highest BCUT2D eigenvalue weighted by molar-refractivity contribution is 7.07. The molecule has 0 spiro atoms. The molecule has 24 heavy (non-hydrogen) atoms. The number of aromatic nitrogens is 3. The molecule has 124 valence electrons. The van der Waals surface area contributed by atoms with Gasteiger partial charge in [0, 0.05) is 0 Å². The van der Waals surface area contributed by atoms with E-state index in [2.05, 4.69) is 15.6 Å². The summed E-state index contributed by atoms with van der Waals surface area (Å²) in [5, 5.41) is 23.9. The number of thiophene rings is 1. The van der Waals surface area contributed by atoms with Gasteiger partial charge in [-0.2, -0.15) is 11.3 Å². The van der Waals surface area contributed by atoms with Gasteiger partial charge in [-0.1, -0.05) is 11.3 Å². The van der Waals surface area contributed by atoms with Gasteiger partial charge < -0.3 is 10.4 Å². The highest BCUT2D eigenvalue weighted by Crippen LogP contribution is 2.18. The molecule has 0 aliphatic rings. The summed E-state index contributed by atoms with van der Waals surface area (Å²) < 4.78 is 15.1. The summed E-state index contributed by atoms with van der Waals surface area (Å²) in [6.45, 7) is 1.98. The molecule has 1 unspecified atom stereocenters. The molecule has 1 aromatic carbocycles. The minimum Gasteiger partial charge on any atom is -0.386 e. The van der Waals surface area contributed by atoms with Crippen LogP contribution in [0.25, 0.3) is 0 Å². The molecule has 6 nitrogen and oxygen atoms in total. The van der Waals surface area contributed by atoms with Crippen LogP contribution in [0, 0.1) is 12.7 Å². The first-order chi connectivity index (χ1) is 11.5. The van der Waals surface area contributed by atoms with E-state index in [1.807, 2.05) is 16.8 Å². The third kappa shape index (κ3) is 3.66. The van der Waals surface area contributed by atoms with Gasteiger partial charge in [0.05, 0.1) is 24.5 Å².